The smallest absolute Gasteiger partial charge is 0.115 e. The van der Waals surface area contributed by atoms with E-state index in [0.717, 1.165) is 37.7 Å². The second-order valence-corrected chi connectivity index (χ2v) is 7.05. The topological polar surface area (TPSA) is 52.5 Å². The fraction of sp³-hybridized carbons (Fsp3) is 0.474. The summed E-state index contributed by atoms with van der Waals surface area (Å²) in [5.74, 6) is 0.328. The summed E-state index contributed by atoms with van der Waals surface area (Å²) in [6, 6.07) is 5.98. The van der Waals surface area contributed by atoms with E-state index in [2.05, 4.69) is 17.5 Å². The van der Waals surface area contributed by atoms with E-state index in [1.165, 1.54) is 16.7 Å². The zero-order valence-corrected chi connectivity index (χ0v) is 13.0. The van der Waals surface area contributed by atoms with Crippen LogP contribution in [0.5, 0.6) is 5.75 Å². The Morgan fingerprint density at radius 2 is 2.05 bits per heavy atom. The molecule has 0 bridgehead atoms. The standard InChI is InChI=1S/C19H23NO2/c1-20-15-4-2-12-6-7-19(18(22)17(12)9-15)10-13-3-5-16(21)8-14(13)11-19/h2-3,5,8-9,15,18,20-22H,4,6-7,10-11H2,1H3/t15-,18?,19?/m1/s1. The van der Waals surface area contributed by atoms with Crippen LogP contribution in [0.4, 0.5) is 0 Å². The number of phenolic OH excluding ortho intramolecular Hbond substituents is 1. The Morgan fingerprint density at radius 3 is 2.86 bits per heavy atom. The maximum atomic E-state index is 11.1. The minimum absolute atomic E-state index is 0.0884. The van der Waals surface area contributed by atoms with Crippen molar-refractivity contribution in [2.75, 3.05) is 7.05 Å². The van der Waals surface area contributed by atoms with Crippen LogP contribution < -0.4 is 5.32 Å². The molecule has 3 aliphatic rings. The van der Waals surface area contributed by atoms with Crippen LogP contribution in [0.2, 0.25) is 0 Å². The first-order valence-electron chi connectivity index (χ1n) is 8.18. The van der Waals surface area contributed by atoms with Crippen molar-refractivity contribution in [2.45, 2.75) is 44.2 Å². The van der Waals surface area contributed by atoms with E-state index >= 15 is 0 Å². The normalized spacial score (nSPS) is 33.2. The van der Waals surface area contributed by atoms with Gasteiger partial charge in [-0.25, -0.2) is 0 Å². The molecule has 1 fully saturated rings. The van der Waals surface area contributed by atoms with Gasteiger partial charge in [-0.1, -0.05) is 18.2 Å². The predicted molar refractivity (Wildman–Crippen MR) is 86.8 cm³/mol. The summed E-state index contributed by atoms with van der Waals surface area (Å²) < 4.78 is 0. The number of nitrogens with one attached hydrogen (secondary N) is 1. The number of aromatic hydroxyl groups is 1. The predicted octanol–water partition coefficient (Wildman–Crippen LogP) is 2.48. The van der Waals surface area contributed by atoms with Crippen molar-refractivity contribution >= 4 is 0 Å². The Hall–Kier alpha value is -1.58. The third kappa shape index (κ3) is 2.03. The van der Waals surface area contributed by atoms with Gasteiger partial charge in [-0.15, -0.1) is 0 Å². The lowest BCUT2D eigenvalue weighted by Gasteiger charge is -2.43. The second kappa shape index (κ2) is 4.97. The largest absolute Gasteiger partial charge is 0.508 e. The number of rotatable bonds is 1. The first kappa shape index (κ1) is 14.0. The molecule has 22 heavy (non-hydrogen) atoms. The molecule has 3 atom stereocenters. The van der Waals surface area contributed by atoms with Crippen molar-refractivity contribution in [3.05, 3.63) is 52.6 Å². The highest BCUT2D eigenvalue weighted by atomic mass is 16.3. The molecule has 1 spiro atoms. The monoisotopic (exact) mass is 297 g/mol. The lowest BCUT2D eigenvalue weighted by atomic mass is 9.65. The summed E-state index contributed by atoms with van der Waals surface area (Å²) in [6.07, 6.45) is 8.99. The van der Waals surface area contributed by atoms with Crippen LogP contribution in [0.25, 0.3) is 0 Å². The molecule has 3 nitrogen and oxygen atoms in total. The summed E-state index contributed by atoms with van der Waals surface area (Å²) in [4.78, 5) is 0. The Labute approximate surface area is 131 Å². The number of fused-ring (bicyclic) bond motifs is 2. The maximum absolute atomic E-state index is 11.1. The van der Waals surface area contributed by atoms with E-state index in [-0.39, 0.29) is 5.41 Å². The second-order valence-electron chi connectivity index (χ2n) is 7.05. The molecular formula is C19H23NO2. The summed E-state index contributed by atoms with van der Waals surface area (Å²) in [5.41, 5.74) is 4.87. The molecule has 0 saturated heterocycles. The quantitative estimate of drug-likeness (QED) is 0.746. The Kier molecular flexibility index (Phi) is 3.17. The average Bonchev–Trinajstić information content (AvgIpc) is 2.89. The molecule has 3 heteroatoms. The average molecular weight is 297 g/mol. The highest BCUT2D eigenvalue weighted by Gasteiger charge is 2.48. The Morgan fingerprint density at radius 1 is 1.23 bits per heavy atom. The minimum Gasteiger partial charge on any atom is -0.508 e. The molecule has 0 amide bonds. The van der Waals surface area contributed by atoms with Gasteiger partial charge in [-0.05, 0) is 73.6 Å². The van der Waals surface area contributed by atoms with E-state index in [0.29, 0.717) is 11.8 Å². The van der Waals surface area contributed by atoms with E-state index < -0.39 is 6.10 Å². The maximum Gasteiger partial charge on any atom is 0.115 e. The molecule has 4 rings (SSSR count). The molecule has 3 N–H and O–H groups in total. The minimum atomic E-state index is -0.404. The van der Waals surface area contributed by atoms with Gasteiger partial charge in [0.1, 0.15) is 5.75 Å². The first-order valence-corrected chi connectivity index (χ1v) is 8.18. The van der Waals surface area contributed by atoms with Gasteiger partial charge in [0, 0.05) is 11.5 Å². The fourth-order valence-electron chi connectivity index (χ4n) is 4.48. The zero-order valence-electron chi connectivity index (χ0n) is 13.0. The third-order valence-corrected chi connectivity index (χ3v) is 5.78. The van der Waals surface area contributed by atoms with Crippen molar-refractivity contribution < 1.29 is 10.2 Å². The molecule has 2 unspecified atom stereocenters. The van der Waals surface area contributed by atoms with E-state index in [9.17, 15) is 10.2 Å². The highest BCUT2D eigenvalue weighted by molar-refractivity contribution is 5.47. The van der Waals surface area contributed by atoms with Crippen molar-refractivity contribution in [1.82, 2.24) is 5.32 Å². The van der Waals surface area contributed by atoms with Gasteiger partial charge in [0.2, 0.25) is 0 Å². The molecular weight excluding hydrogens is 274 g/mol. The van der Waals surface area contributed by atoms with Crippen molar-refractivity contribution in [1.29, 1.82) is 0 Å². The van der Waals surface area contributed by atoms with Crippen LogP contribution in [0.1, 0.15) is 30.4 Å². The zero-order chi connectivity index (χ0) is 15.3. The van der Waals surface area contributed by atoms with Crippen LogP contribution in [0.15, 0.2) is 41.5 Å². The van der Waals surface area contributed by atoms with Crippen LogP contribution in [-0.2, 0) is 12.8 Å². The molecule has 0 heterocycles. The summed E-state index contributed by atoms with van der Waals surface area (Å²) in [5, 5.41) is 24.1. The number of hydrogen-bond acceptors (Lipinski definition) is 3. The van der Waals surface area contributed by atoms with Gasteiger partial charge in [-0.3, -0.25) is 0 Å². The van der Waals surface area contributed by atoms with Crippen molar-refractivity contribution in [2.24, 2.45) is 5.41 Å². The van der Waals surface area contributed by atoms with Gasteiger partial charge in [0.25, 0.3) is 0 Å². The van der Waals surface area contributed by atoms with E-state index in [1.807, 2.05) is 19.2 Å². The molecule has 0 aromatic heterocycles. The molecule has 0 radical (unpaired) electrons. The van der Waals surface area contributed by atoms with Crippen LogP contribution in [0, 0.1) is 5.41 Å². The SMILES string of the molecule is CN[C@H]1C=C2C(=CC1)CCC1(Cc3ccc(O)cc3C1)C2O. The lowest BCUT2D eigenvalue weighted by Crippen LogP contribution is -2.43. The number of aliphatic hydroxyl groups excluding tert-OH is 1. The van der Waals surface area contributed by atoms with Crippen LogP contribution in [-0.4, -0.2) is 29.4 Å². The molecule has 1 aromatic rings. The van der Waals surface area contributed by atoms with Gasteiger partial charge in [0.05, 0.1) is 6.10 Å². The van der Waals surface area contributed by atoms with Crippen molar-refractivity contribution in [3.8, 4) is 5.75 Å². The first-order chi connectivity index (χ1) is 10.6. The number of hydrogen-bond donors (Lipinski definition) is 3. The van der Waals surface area contributed by atoms with Gasteiger partial charge >= 0.3 is 0 Å². The molecule has 1 saturated carbocycles. The highest BCUT2D eigenvalue weighted by Crippen LogP contribution is 2.51. The van der Waals surface area contributed by atoms with Crippen molar-refractivity contribution in [3.63, 3.8) is 0 Å². The third-order valence-electron chi connectivity index (χ3n) is 5.78. The molecule has 3 aliphatic carbocycles. The number of aliphatic hydroxyl groups is 1. The molecule has 1 aromatic carbocycles. The van der Waals surface area contributed by atoms with E-state index in [1.54, 1.807) is 6.07 Å². The molecule has 116 valence electrons. The number of benzene rings is 1. The van der Waals surface area contributed by atoms with Gasteiger partial charge < -0.3 is 15.5 Å². The van der Waals surface area contributed by atoms with Gasteiger partial charge in [-0.2, -0.15) is 0 Å². The summed E-state index contributed by atoms with van der Waals surface area (Å²) in [7, 11) is 1.97. The summed E-state index contributed by atoms with van der Waals surface area (Å²) >= 11 is 0. The van der Waals surface area contributed by atoms with Crippen LogP contribution >= 0.6 is 0 Å². The fourth-order valence-corrected chi connectivity index (χ4v) is 4.48. The Bertz CT molecular complexity index is 676. The van der Waals surface area contributed by atoms with E-state index in [4.69, 9.17) is 0 Å². The number of likely N-dealkylation sites (N-methyl/N-ethyl adjacent to an activating group) is 1. The summed E-state index contributed by atoms with van der Waals surface area (Å²) in [6.45, 7) is 0. The molecule has 0 aliphatic heterocycles. The number of phenols is 1. The Balaban J connectivity index is 1.68. The lowest BCUT2D eigenvalue weighted by molar-refractivity contribution is 0.0426. The van der Waals surface area contributed by atoms with Crippen LogP contribution in [0.3, 0.4) is 0 Å². The van der Waals surface area contributed by atoms with Gasteiger partial charge in [0.15, 0.2) is 0 Å².